The molecule has 1 amide bonds. The van der Waals surface area contributed by atoms with Crippen LogP contribution in [-0.4, -0.2) is 26.5 Å². The molecule has 0 fully saturated rings. The minimum Gasteiger partial charge on any atom is -0.463 e. The van der Waals surface area contributed by atoms with Gasteiger partial charge in [-0.15, -0.1) is 0 Å². The summed E-state index contributed by atoms with van der Waals surface area (Å²) < 4.78 is 5.42. The van der Waals surface area contributed by atoms with E-state index >= 15 is 0 Å². The third-order valence-corrected chi connectivity index (χ3v) is 3.76. The summed E-state index contributed by atoms with van der Waals surface area (Å²) in [4.78, 5) is 13.1. The molecule has 0 aliphatic rings. The fourth-order valence-corrected chi connectivity index (χ4v) is 2.60. The van der Waals surface area contributed by atoms with Crippen molar-refractivity contribution in [2.24, 2.45) is 0 Å². The highest BCUT2D eigenvalue weighted by atomic mass is 32.1. The number of nitrogens with one attached hydrogen (secondary N) is 2. The third-order valence-electron chi connectivity index (χ3n) is 3.03. The van der Waals surface area contributed by atoms with Gasteiger partial charge >= 0.3 is 0 Å². The van der Waals surface area contributed by atoms with Crippen molar-refractivity contribution in [2.75, 3.05) is 20.6 Å². The topological polar surface area (TPSA) is 46.7 Å². The minimum atomic E-state index is 0.0520. The Hall–Kier alpha value is -1.59. The highest BCUT2D eigenvalue weighted by molar-refractivity contribution is 7.07. The fraction of sp³-hybridized carbons (Fsp3) is 0.357. The molecule has 0 spiro atoms. The lowest BCUT2D eigenvalue weighted by molar-refractivity contribution is -0.891. The first-order chi connectivity index (χ1) is 9.16. The second-order valence-corrected chi connectivity index (χ2v) is 5.54. The van der Waals surface area contributed by atoms with Crippen LogP contribution in [0.15, 0.2) is 39.6 Å². The SMILES string of the molecule is C[NH+](C)[C@@H](CNC(=O)Cc1ccsc1)c1ccco1. The predicted molar refractivity (Wildman–Crippen MR) is 75.3 cm³/mol. The molecule has 0 aromatic carbocycles. The van der Waals surface area contributed by atoms with Gasteiger partial charge in [-0.1, -0.05) is 0 Å². The maximum absolute atomic E-state index is 11.9. The molecule has 2 heterocycles. The van der Waals surface area contributed by atoms with E-state index in [0.29, 0.717) is 13.0 Å². The van der Waals surface area contributed by atoms with Crippen LogP contribution < -0.4 is 10.2 Å². The van der Waals surface area contributed by atoms with E-state index in [0.717, 1.165) is 11.3 Å². The molecular formula is C14H19N2O2S+. The Balaban J connectivity index is 1.87. The summed E-state index contributed by atoms with van der Waals surface area (Å²) in [5, 5.41) is 6.96. The number of rotatable bonds is 6. The zero-order chi connectivity index (χ0) is 13.7. The maximum atomic E-state index is 11.9. The van der Waals surface area contributed by atoms with Crippen molar-refractivity contribution in [3.63, 3.8) is 0 Å². The van der Waals surface area contributed by atoms with Gasteiger partial charge in [0.2, 0.25) is 5.91 Å². The van der Waals surface area contributed by atoms with Crippen molar-refractivity contribution < 1.29 is 14.1 Å². The number of amides is 1. The molecular weight excluding hydrogens is 260 g/mol. The van der Waals surface area contributed by atoms with Crippen LogP contribution in [0.25, 0.3) is 0 Å². The van der Waals surface area contributed by atoms with Crippen LogP contribution in [0.1, 0.15) is 17.4 Å². The molecule has 5 heteroatoms. The van der Waals surface area contributed by atoms with E-state index in [4.69, 9.17) is 4.42 Å². The zero-order valence-corrected chi connectivity index (χ0v) is 12.0. The van der Waals surface area contributed by atoms with E-state index in [1.807, 2.05) is 29.0 Å². The smallest absolute Gasteiger partial charge is 0.224 e. The molecule has 2 aromatic heterocycles. The van der Waals surface area contributed by atoms with Crippen molar-refractivity contribution >= 4 is 17.2 Å². The minimum absolute atomic E-state index is 0.0520. The van der Waals surface area contributed by atoms with Crippen molar-refractivity contribution in [3.05, 3.63) is 46.5 Å². The first-order valence-electron chi connectivity index (χ1n) is 6.28. The molecule has 102 valence electrons. The summed E-state index contributed by atoms with van der Waals surface area (Å²) in [6.45, 7) is 0.582. The summed E-state index contributed by atoms with van der Waals surface area (Å²) in [5.41, 5.74) is 1.06. The molecule has 0 bridgehead atoms. The fourth-order valence-electron chi connectivity index (χ4n) is 1.94. The Bertz CT molecular complexity index is 492. The average Bonchev–Trinajstić information content (AvgIpc) is 3.01. The second kappa shape index (κ2) is 6.54. The summed E-state index contributed by atoms with van der Waals surface area (Å²) >= 11 is 1.61. The number of likely N-dealkylation sites (N-methyl/N-ethyl adjacent to an activating group) is 1. The van der Waals surface area contributed by atoms with Gasteiger partial charge in [-0.05, 0) is 34.5 Å². The maximum Gasteiger partial charge on any atom is 0.224 e. The predicted octanol–water partition coefficient (Wildman–Crippen LogP) is 0.886. The van der Waals surface area contributed by atoms with Gasteiger partial charge in [-0.3, -0.25) is 4.79 Å². The molecule has 4 nitrogen and oxygen atoms in total. The largest absolute Gasteiger partial charge is 0.463 e. The summed E-state index contributed by atoms with van der Waals surface area (Å²) in [6.07, 6.45) is 2.11. The quantitative estimate of drug-likeness (QED) is 0.825. The van der Waals surface area contributed by atoms with E-state index in [1.54, 1.807) is 17.6 Å². The standard InChI is InChI=1S/C14H18N2O2S/c1-16(2)12(13-4-3-6-18-13)9-15-14(17)8-11-5-7-19-10-11/h3-7,10,12H,8-9H2,1-2H3,(H,15,17)/p+1/t12-/m0/s1. The Morgan fingerprint density at radius 3 is 2.89 bits per heavy atom. The van der Waals surface area contributed by atoms with Gasteiger partial charge in [0.05, 0.1) is 33.3 Å². The number of carbonyl (C=O) groups is 1. The lowest BCUT2D eigenvalue weighted by atomic mass is 10.2. The third kappa shape index (κ3) is 3.94. The lowest BCUT2D eigenvalue weighted by Crippen LogP contribution is -3.07. The molecule has 19 heavy (non-hydrogen) atoms. The average molecular weight is 279 g/mol. The summed E-state index contributed by atoms with van der Waals surface area (Å²) in [6, 6.07) is 5.94. The van der Waals surface area contributed by atoms with Gasteiger partial charge in [-0.25, -0.2) is 0 Å². The van der Waals surface area contributed by atoms with Crippen LogP contribution in [0.2, 0.25) is 0 Å². The molecule has 0 saturated carbocycles. The van der Waals surface area contributed by atoms with E-state index < -0.39 is 0 Å². The Labute approximate surface area is 117 Å². The highest BCUT2D eigenvalue weighted by Crippen LogP contribution is 2.09. The van der Waals surface area contributed by atoms with Gasteiger partial charge in [0.25, 0.3) is 0 Å². The first kappa shape index (κ1) is 13.8. The van der Waals surface area contributed by atoms with Gasteiger partial charge in [0, 0.05) is 0 Å². The number of hydrogen-bond donors (Lipinski definition) is 2. The molecule has 2 N–H and O–H groups in total. The molecule has 0 saturated heterocycles. The van der Waals surface area contributed by atoms with Crippen LogP contribution in [0.5, 0.6) is 0 Å². The summed E-state index contributed by atoms with van der Waals surface area (Å²) in [5.74, 6) is 0.951. The van der Waals surface area contributed by atoms with Gasteiger partial charge < -0.3 is 14.6 Å². The van der Waals surface area contributed by atoms with E-state index in [1.165, 1.54) is 4.90 Å². The molecule has 0 radical (unpaired) electrons. The molecule has 0 aliphatic heterocycles. The van der Waals surface area contributed by atoms with E-state index in [-0.39, 0.29) is 11.9 Å². The zero-order valence-electron chi connectivity index (χ0n) is 11.2. The lowest BCUT2D eigenvalue weighted by Gasteiger charge is -2.19. The van der Waals surface area contributed by atoms with Gasteiger partial charge in [0.15, 0.2) is 11.8 Å². The monoisotopic (exact) mass is 279 g/mol. The molecule has 1 atom stereocenters. The Morgan fingerprint density at radius 2 is 2.32 bits per heavy atom. The number of thiophene rings is 1. The van der Waals surface area contributed by atoms with E-state index in [9.17, 15) is 4.79 Å². The Morgan fingerprint density at radius 1 is 1.47 bits per heavy atom. The molecule has 2 rings (SSSR count). The van der Waals surface area contributed by atoms with Crippen molar-refractivity contribution in [1.29, 1.82) is 0 Å². The number of quaternary nitrogens is 1. The van der Waals surface area contributed by atoms with E-state index in [2.05, 4.69) is 19.4 Å². The normalized spacial score (nSPS) is 12.6. The molecule has 0 aliphatic carbocycles. The van der Waals surface area contributed by atoms with Crippen LogP contribution >= 0.6 is 11.3 Å². The summed E-state index contributed by atoms with van der Waals surface area (Å²) in [7, 11) is 4.11. The van der Waals surface area contributed by atoms with Crippen LogP contribution in [0, 0.1) is 0 Å². The van der Waals surface area contributed by atoms with Crippen molar-refractivity contribution in [2.45, 2.75) is 12.5 Å². The highest BCUT2D eigenvalue weighted by Gasteiger charge is 2.21. The van der Waals surface area contributed by atoms with Crippen LogP contribution in [0.4, 0.5) is 0 Å². The van der Waals surface area contributed by atoms with Gasteiger partial charge in [-0.2, -0.15) is 11.3 Å². The number of furan rings is 1. The Kier molecular flexibility index (Phi) is 4.76. The van der Waals surface area contributed by atoms with Crippen molar-refractivity contribution in [3.8, 4) is 0 Å². The number of carbonyl (C=O) groups excluding carboxylic acids is 1. The first-order valence-corrected chi connectivity index (χ1v) is 7.22. The number of hydrogen-bond acceptors (Lipinski definition) is 3. The van der Waals surface area contributed by atoms with Crippen LogP contribution in [0.3, 0.4) is 0 Å². The molecule has 2 aromatic rings. The molecule has 0 unspecified atom stereocenters. The second-order valence-electron chi connectivity index (χ2n) is 4.76. The van der Waals surface area contributed by atoms with Crippen LogP contribution in [-0.2, 0) is 11.2 Å². The van der Waals surface area contributed by atoms with Gasteiger partial charge in [0.1, 0.15) is 0 Å². The van der Waals surface area contributed by atoms with Crippen molar-refractivity contribution in [1.82, 2.24) is 5.32 Å².